The second kappa shape index (κ2) is 6.62. The maximum Gasteiger partial charge on any atom is 0.0992 e. The fourth-order valence-electron chi connectivity index (χ4n) is 2.26. The highest BCUT2D eigenvalue weighted by molar-refractivity contribution is 6.31. The van der Waals surface area contributed by atoms with Gasteiger partial charge in [0, 0.05) is 29.9 Å². The van der Waals surface area contributed by atoms with E-state index in [1.54, 1.807) is 25.1 Å². The number of aliphatic hydroxyl groups excluding tert-OH is 1. The first kappa shape index (κ1) is 15.4. The van der Waals surface area contributed by atoms with Gasteiger partial charge in [0.05, 0.1) is 17.7 Å². The molecule has 0 aliphatic carbocycles. The van der Waals surface area contributed by atoms with Crippen LogP contribution in [-0.4, -0.2) is 12.2 Å². The number of rotatable bonds is 4. The van der Waals surface area contributed by atoms with E-state index in [1.807, 2.05) is 36.2 Å². The van der Waals surface area contributed by atoms with Crippen molar-refractivity contribution in [3.63, 3.8) is 0 Å². The van der Waals surface area contributed by atoms with Crippen molar-refractivity contribution in [3.05, 3.63) is 64.2 Å². The highest BCUT2D eigenvalue weighted by Gasteiger charge is 2.14. The monoisotopic (exact) mass is 300 g/mol. The van der Waals surface area contributed by atoms with Crippen LogP contribution in [0.25, 0.3) is 0 Å². The summed E-state index contributed by atoms with van der Waals surface area (Å²) in [6.45, 7) is 2.32. The Hall–Kier alpha value is -2.02. The predicted octanol–water partition coefficient (Wildman–Crippen LogP) is 3.90. The van der Waals surface area contributed by atoms with Crippen molar-refractivity contribution in [1.29, 1.82) is 5.26 Å². The maximum atomic E-state index is 9.90. The average Bonchev–Trinajstić information content (AvgIpc) is 2.48. The van der Waals surface area contributed by atoms with Gasteiger partial charge in [-0.2, -0.15) is 5.26 Å². The molecule has 1 atom stereocenters. The summed E-state index contributed by atoms with van der Waals surface area (Å²) < 4.78 is 0. The summed E-state index contributed by atoms with van der Waals surface area (Å²) in [5, 5.41) is 19.7. The van der Waals surface area contributed by atoms with Crippen molar-refractivity contribution in [2.24, 2.45) is 0 Å². The Balaban J connectivity index is 2.36. The van der Waals surface area contributed by atoms with Crippen molar-refractivity contribution in [2.75, 3.05) is 11.9 Å². The molecule has 2 rings (SSSR count). The zero-order chi connectivity index (χ0) is 15.4. The van der Waals surface area contributed by atoms with E-state index in [9.17, 15) is 5.11 Å². The Kier molecular flexibility index (Phi) is 4.85. The molecule has 0 aliphatic heterocycles. The zero-order valence-electron chi connectivity index (χ0n) is 12.0. The van der Waals surface area contributed by atoms with Gasteiger partial charge in [-0.3, -0.25) is 0 Å². The zero-order valence-corrected chi connectivity index (χ0v) is 12.8. The fourth-order valence-corrected chi connectivity index (χ4v) is 2.46. The van der Waals surface area contributed by atoms with Gasteiger partial charge in [0.25, 0.3) is 0 Å². The summed E-state index contributed by atoms with van der Waals surface area (Å²) in [7, 11) is 1.92. The SMILES string of the molecule is C[C@H](O)c1ccc(C#N)cc1N(C)Cc1ccccc1Cl. The number of nitriles is 1. The Morgan fingerprint density at radius 3 is 2.62 bits per heavy atom. The van der Waals surface area contributed by atoms with E-state index in [2.05, 4.69) is 6.07 Å². The lowest BCUT2D eigenvalue weighted by Gasteiger charge is -2.24. The quantitative estimate of drug-likeness (QED) is 0.931. The first-order valence-electron chi connectivity index (χ1n) is 6.69. The van der Waals surface area contributed by atoms with Crippen molar-refractivity contribution < 1.29 is 5.11 Å². The molecule has 1 N–H and O–H groups in total. The molecule has 0 aliphatic rings. The molecule has 0 fully saturated rings. The second-order valence-corrected chi connectivity index (χ2v) is 5.42. The number of aliphatic hydroxyl groups is 1. The van der Waals surface area contributed by atoms with Crippen LogP contribution in [0.15, 0.2) is 42.5 Å². The predicted molar refractivity (Wildman–Crippen MR) is 85.3 cm³/mol. The number of halogens is 1. The molecule has 21 heavy (non-hydrogen) atoms. The summed E-state index contributed by atoms with van der Waals surface area (Å²) in [5.41, 5.74) is 3.20. The molecule has 0 unspecified atom stereocenters. The Bertz CT molecular complexity index is 677. The molecule has 0 spiro atoms. The summed E-state index contributed by atoms with van der Waals surface area (Å²) in [6.07, 6.45) is -0.596. The molecule has 0 amide bonds. The van der Waals surface area contributed by atoms with E-state index in [-0.39, 0.29) is 0 Å². The van der Waals surface area contributed by atoms with Gasteiger partial charge in [0.1, 0.15) is 0 Å². The van der Waals surface area contributed by atoms with E-state index in [0.29, 0.717) is 17.1 Å². The molecule has 0 saturated heterocycles. The summed E-state index contributed by atoms with van der Waals surface area (Å²) in [5.74, 6) is 0. The van der Waals surface area contributed by atoms with Crippen molar-refractivity contribution in [1.82, 2.24) is 0 Å². The van der Waals surface area contributed by atoms with Crippen LogP contribution < -0.4 is 4.90 Å². The second-order valence-electron chi connectivity index (χ2n) is 5.01. The standard InChI is InChI=1S/C17H17ClN2O/c1-12(21)15-8-7-13(10-19)9-17(15)20(2)11-14-5-3-4-6-16(14)18/h3-9,12,21H,11H2,1-2H3/t12-/m0/s1. The molecule has 0 bridgehead atoms. The normalized spacial score (nSPS) is 11.8. The van der Waals surface area contributed by atoms with Crippen molar-refractivity contribution in [2.45, 2.75) is 19.6 Å². The van der Waals surface area contributed by atoms with Gasteiger partial charge in [0.15, 0.2) is 0 Å². The third-order valence-electron chi connectivity index (χ3n) is 3.39. The summed E-state index contributed by atoms with van der Waals surface area (Å²) in [4.78, 5) is 1.99. The van der Waals surface area contributed by atoms with E-state index in [4.69, 9.17) is 16.9 Å². The van der Waals surface area contributed by atoms with Gasteiger partial charge >= 0.3 is 0 Å². The van der Waals surface area contributed by atoms with Crippen LogP contribution >= 0.6 is 11.6 Å². The number of benzene rings is 2. The minimum Gasteiger partial charge on any atom is -0.389 e. The van der Waals surface area contributed by atoms with Crippen LogP contribution in [0.1, 0.15) is 29.7 Å². The van der Waals surface area contributed by atoms with Gasteiger partial charge in [-0.25, -0.2) is 0 Å². The van der Waals surface area contributed by atoms with Gasteiger partial charge in [0.2, 0.25) is 0 Å². The third kappa shape index (κ3) is 3.55. The fraction of sp³-hybridized carbons (Fsp3) is 0.235. The lowest BCUT2D eigenvalue weighted by molar-refractivity contribution is 0.199. The van der Waals surface area contributed by atoms with Crippen LogP contribution in [0.5, 0.6) is 0 Å². The lowest BCUT2D eigenvalue weighted by atomic mass is 10.0. The molecule has 0 saturated carbocycles. The van der Waals surface area contributed by atoms with Crippen LogP contribution in [0.4, 0.5) is 5.69 Å². The highest BCUT2D eigenvalue weighted by Crippen LogP contribution is 2.29. The van der Waals surface area contributed by atoms with E-state index in [0.717, 1.165) is 16.8 Å². The third-order valence-corrected chi connectivity index (χ3v) is 3.75. The molecule has 108 valence electrons. The molecule has 0 aromatic heterocycles. The van der Waals surface area contributed by atoms with Gasteiger partial charge in [-0.1, -0.05) is 35.9 Å². The molecule has 2 aromatic rings. The minimum atomic E-state index is -0.596. The molecule has 0 radical (unpaired) electrons. The molecular weight excluding hydrogens is 284 g/mol. The summed E-state index contributed by atoms with van der Waals surface area (Å²) >= 11 is 6.19. The van der Waals surface area contributed by atoms with Crippen LogP contribution in [0.3, 0.4) is 0 Å². The number of anilines is 1. The minimum absolute atomic E-state index is 0.570. The van der Waals surface area contributed by atoms with E-state index >= 15 is 0 Å². The Morgan fingerprint density at radius 1 is 1.29 bits per heavy atom. The molecule has 2 aromatic carbocycles. The molecular formula is C17H17ClN2O. The molecule has 4 heteroatoms. The molecule has 0 heterocycles. The van der Waals surface area contributed by atoms with E-state index in [1.165, 1.54) is 0 Å². The summed E-state index contributed by atoms with van der Waals surface area (Å²) in [6, 6.07) is 15.1. The Labute approximate surface area is 130 Å². The average molecular weight is 301 g/mol. The number of nitrogens with zero attached hydrogens (tertiary/aromatic N) is 2. The first-order valence-corrected chi connectivity index (χ1v) is 7.07. The largest absolute Gasteiger partial charge is 0.389 e. The maximum absolute atomic E-state index is 9.90. The lowest BCUT2D eigenvalue weighted by Crippen LogP contribution is -2.19. The van der Waals surface area contributed by atoms with Crippen LogP contribution in [0, 0.1) is 11.3 Å². The number of hydrogen-bond acceptors (Lipinski definition) is 3. The van der Waals surface area contributed by atoms with Gasteiger partial charge in [-0.15, -0.1) is 0 Å². The first-order chi connectivity index (χ1) is 10.0. The molecule has 3 nitrogen and oxygen atoms in total. The highest BCUT2D eigenvalue weighted by atomic mass is 35.5. The number of hydrogen-bond donors (Lipinski definition) is 1. The van der Waals surface area contributed by atoms with Crippen molar-refractivity contribution in [3.8, 4) is 6.07 Å². The van der Waals surface area contributed by atoms with Gasteiger partial charge < -0.3 is 10.0 Å². The van der Waals surface area contributed by atoms with E-state index < -0.39 is 6.10 Å². The van der Waals surface area contributed by atoms with Crippen LogP contribution in [-0.2, 0) is 6.54 Å². The topological polar surface area (TPSA) is 47.3 Å². The Morgan fingerprint density at radius 2 is 2.00 bits per heavy atom. The smallest absolute Gasteiger partial charge is 0.0992 e. The van der Waals surface area contributed by atoms with Crippen molar-refractivity contribution >= 4 is 17.3 Å². The van der Waals surface area contributed by atoms with Crippen LogP contribution in [0.2, 0.25) is 5.02 Å². The van der Waals surface area contributed by atoms with Gasteiger partial charge in [-0.05, 0) is 30.7 Å².